The van der Waals surface area contributed by atoms with Crippen LogP contribution in [0.2, 0.25) is 0 Å². The number of rotatable bonds is 7. The Morgan fingerprint density at radius 1 is 1.26 bits per heavy atom. The van der Waals surface area contributed by atoms with E-state index >= 15 is 0 Å². The van der Waals surface area contributed by atoms with E-state index in [1.807, 2.05) is 0 Å². The molecular formula is C23H37N5O3. The van der Waals surface area contributed by atoms with Gasteiger partial charge < -0.3 is 15.9 Å². The van der Waals surface area contributed by atoms with Gasteiger partial charge in [-0.3, -0.25) is 14.5 Å². The Morgan fingerprint density at radius 3 is 2.71 bits per heavy atom. The van der Waals surface area contributed by atoms with Gasteiger partial charge >= 0.3 is 0 Å². The fourth-order valence-corrected chi connectivity index (χ4v) is 5.85. The van der Waals surface area contributed by atoms with Crippen LogP contribution in [-0.4, -0.2) is 47.8 Å². The average molecular weight is 432 g/mol. The van der Waals surface area contributed by atoms with Gasteiger partial charge in [0.25, 0.3) is 11.8 Å². The molecule has 172 valence electrons. The molecule has 2 fully saturated rings. The maximum absolute atomic E-state index is 13.2. The molecule has 4 rings (SSSR count). The van der Waals surface area contributed by atoms with Crippen molar-refractivity contribution in [2.24, 2.45) is 22.6 Å². The second-order valence-corrected chi connectivity index (χ2v) is 9.83. The monoisotopic (exact) mass is 431 g/mol. The van der Waals surface area contributed by atoms with Crippen LogP contribution in [0.3, 0.4) is 0 Å². The van der Waals surface area contributed by atoms with E-state index in [-0.39, 0.29) is 17.9 Å². The number of carbonyl (C=O) groups is 2. The highest BCUT2D eigenvalue weighted by atomic mass is 16.7. The Balaban J connectivity index is 1.40. The minimum absolute atomic E-state index is 0.0440. The van der Waals surface area contributed by atoms with E-state index in [4.69, 9.17) is 15.6 Å². The van der Waals surface area contributed by atoms with Crippen molar-refractivity contribution in [2.75, 3.05) is 13.6 Å². The molecular weight excluding hydrogens is 394 g/mol. The van der Waals surface area contributed by atoms with Gasteiger partial charge in [-0.15, -0.1) is 0 Å². The van der Waals surface area contributed by atoms with Crippen molar-refractivity contribution in [1.29, 1.82) is 0 Å². The molecule has 8 heteroatoms. The van der Waals surface area contributed by atoms with Gasteiger partial charge in [-0.2, -0.15) is 5.48 Å². The Kier molecular flexibility index (Phi) is 6.84. The number of likely N-dealkylation sites (N-methyl/N-ethyl adjacent to an activating group) is 1. The smallest absolute Gasteiger partial charge is 0.288 e. The summed E-state index contributed by atoms with van der Waals surface area (Å²) < 4.78 is 0. The third-order valence-electron chi connectivity index (χ3n) is 7.59. The summed E-state index contributed by atoms with van der Waals surface area (Å²) in [5, 5.41) is 3.11. The van der Waals surface area contributed by atoms with Crippen LogP contribution in [0.1, 0.15) is 77.0 Å². The highest BCUT2D eigenvalue weighted by Crippen LogP contribution is 2.40. The van der Waals surface area contributed by atoms with Gasteiger partial charge in [0.05, 0.1) is 6.54 Å². The first-order valence-electron chi connectivity index (χ1n) is 12.0. The number of hydrogen-bond donors (Lipinski definition) is 3. The number of hydroxylamine groups is 1. The molecule has 0 unspecified atom stereocenters. The summed E-state index contributed by atoms with van der Waals surface area (Å²) in [4.78, 5) is 37.1. The van der Waals surface area contributed by atoms with Crippen molar-refractivity contribution >= 4 is 17.8 Å². The van der Waals surface area contributed by atoms with Crippen molar-refractivity contribution in [3.8, 4) is 0 Å². The van der Waals surface area contributed by atoms with E-state index in [0.717, 1.165) is 44.9 Å². The average Bonchev–Trinajstić information content (AvgIpc) is 3.38. The van der Waals surface area contributed by atoms with E-state index in [0.29, 0.717) is 30.1 Å². The lowest BCUT2D eigenvalue weighted by Crippen LogP contribution is -2.45. The van der Waals surface area contributed by atoms with Crippen molar-refractivity contribution in [2.45, 2.75) is 88.6 Å². The van der Waals surface area contributed by atoms with Crippen LogP contribution in [0, 0.1) is 11.8 Å². The van der Waals surface area contributed by atoms with Crippen molar-refractivity contribution < 1.29 is 14.4 Å². The van der Waals surface area contributed by atoms with Crippen LogP contribution in [0.5, 0.6) is 0 Å². The SMILES string of the molecule is CN1C(=O)[C@@](CCC2CCCCC2)(C[C@H]2CCC[C@@H](NC(=O)C3=CCNO3)C2)N=C1N. The number of nitrogens with one attached hydrogen (secondary N) is 2. The van der Waals surface area contributed by atoms with E-state index < -0.39 is 5.54 Å². The van der Waals surface area contributed by atoms with Gasteiger partial charge in [-0.05, 0) is 50.0 Å². The maximum atomic E-state index is 13.2. The molecule has 0 bridgehead atoms. The molecule has 0 radical (unpaired) electrons. The fourth-order valence-electron chi connectivity index (χ4n) is 5.85. The lowest BCUT2D eigenvalue weighted by Gasteiger charge is -2.35. The highest BCUT2D eigenvalue weighted by molar-refractivity contribution is 6.06. The molecule has 2 amide bonds. The minimum atomic E-state index is -0.728. The number of nitrogens with two attached hydrogens (primary N) is 1. The van der Waals surface area contributed by atoms with Crippen LogP contribution in [0.15, 0.2) is 16.8 Å². The largest absolute Gasteiger partial charge is 0.403 e. The molecule has 0 aromatic heterocycles. The van der Waals surface area contributed by atoms with Crippen LogP contribution in [0.25, 0.3) is 0 Å². The summed E-state index contributed by atoms with van der Waals surface area (Å²) in [6, 6.07) is 0.0994. The van der Waals surface area contributed by atoms with Gasteiger partial charge in [0.2, 0.25) is 5.76 Å². The first-order valence-corrected chi connectivity index (χ1v) is 12.0. The molecule has 31 heavy (non-hydrogen) atoms. The molecule has 0 aromatic rings. The molecule has 0 saturated heterocycles. The molecule has 8 nitrogen and oxygen atoms in total. The number of carbonyl (C=O) groups excluding carboxylic acids is 2. The molecule has 4 aliphatic rings. The van der Waals surface area contributed by atoms with Crippen LogP contribution < -0.4 is 16.5 Å². The molecule has 3 atom stereocenters. The maximum Gasteiger partial charge on any atom is 0.288 e. The summed E-state index contributed by atoms with van der Waals surface area (Å²) >= 11 is 0. The normalized spacial score (nSPS) is 31.9. The van der Waals surface area contributed by atoms with E-state index in [1.54, 1.807) is 13.1 Å². The van der Waals surface area contributed by atoms with E-state index in [1.165, 1.54) is 37.0 Å². The summed E-state index contributed by atoms with van der Waals surface area (Å²) in [6.07, 6.45) is 14.7. The summed E-state index contributed by atoms with van der Waals surface area (Å²) in [7, 11) is 1.73. The van der Waals surface area contributed by atoms with Crippen molar-refractivity contribution in [1.82, 2.24) is 15.7 Å². The quantitative estimate of drug-likeness (QED) is 0.573. The number of amides is 2. The lowest BCUT2D eigenvalue weighted by molar-refractivity contribution is -0.131. The predicted molar refractivity (Wildman–Crippen MR) is 119 cm³/mol. The minimum Gasteiger partial charge on any atom is -0.403 e. The van der Waals surface area contributed by atoms with E-state index in [2.05, 4.69) is 10.8 Å². The standard InChI is InChI=1S/C23H37N5O3/c1-28-21(30)23(27-22(28)24,12-10-16-6-3-2-4-7-16)15-17-8-5-9-18(14-17)26-20(29)19-11-13-25-31-19/h11,16-18,25H,2-10,12-15H2,1H3,(H2,24,27)(H,26,29)/t17-,18+,23+/m0/s1. The second-order valence-electron chi connectivity index (χ2n) is 9.83. The zero-order valence-corrected chi connectivity index (χ0v) is 18.7. The first kappa shape index (κ1) is 22.1. The topological polar surface area (TPSA) is 109 Å². The second kappa shape index (κ2) is 9.59. The molecule has 4 N–H and O–H groups in total. The van der Waals surface area contributed by atoms with E-state index in [9.17, 15) is 9.59 Å². The molecule has 2 aliphatic carbocycles. The van der Waals surface area contributed by atoms with Gasteiger partial charge in [0.15, 0.2) is 5.96 Å². The zero-order chi connectivity index (χ0) is 21.8. The lowest BCUT2D eigenvalue weighted by atomic mass is 9.74. The predicted octanol–water partition coefficient (Wildman–Crippen LogP) is 2.36. The summed E-state index contributed by atoms with van der Waals surface area (Å²) in [6.45, 7) is 0.550. The Labute approximate surface area is 185 Å². The van der Waals surface area contributed by atoms with Gasteiger partial charge in [0.1, 0.15) is 5.54 Å². The number of hydrogen-bond acceptors (Lipinski definition) is 6. The number of aliphatic imine (C=N–C) groups is 1. The first-order chi connectivity index (χ1) is 15.0. The fraction of sp³-hybridized carbons (Fsp3) is 0.783. The van der Waals surface area contributed by atoms with Crippen LogP contribution >= 0.6 is 0 Å². The third-order valence-corrected chi connectivity index (χ3v) is 7.59. The molecule has 2 saturated carbocycles. The summed E-state index contributed by atoms with van der Waals surface area (Å²) in [5.41, 5.74) is 8.05. The van der Waals surface area contributed by atoms with Crippen molar-refractivity contribution in [3.63, 3.8) is 0 Å². The van der Waals surface area contributed by atoms with Crippen LogP contribution in [-0.2, 0) is 14.4 Å². The molecule has 2 aliphatic heterocycles. The van der Waals surface area contributed by atoms with Crippen molar-refractivity contribution in [3.05, 3.63) is 11.8 Å². The summed E-state index contributed by atoms with van der Waals surface area (Å²) in [5.74, 6) is 1.61. The Morgan fingerprint density at radius 2 is 2.03 bits per heavy atom. The molecule has 0 aromatic carbocycles. The number of nitrogens with zero attached hydrogens (tertiary/aromatic N) is 2. The third kappa shape index (κ3) is 5.05. The zero-order valence-electron chi connectivity index (χ0n) is 18.7. The number of guanidine groups is 1. The van der Waals surface area contributed by atoms with Gasteiger partial charge in [-0.25, -0.2) is 4.99 Å². The Hall–Kier alpha value is -2.09. The molecule has 0 spiro atoms. The van der Waals surface area contributed by atoms with Crippen LogP contribution in [0.4, 0.5) is 0 Å². The Bertz CT molecular complexity index is 745. The highest BCUT2D eigenvalue weighted by Gasteiger charge is 2.48. The van der Waals surface area contributed by atoms with Gasteiger partial charge in [-0.1, -0.05) is 44.9 Å². The van der Waals surface area contributed by atoms with Gasteiger partial charge in [0, 0.05) is 13.1 Å². The molecule has 2 heterocycles.